The second-order valence-electron chi connectivity index (χ2n) is 2.91. The summed E-state index contributed by atoms with van der Waals surface area (Å²) < 4.78 is 0. The van der Waals surface area contributed by atoms with Crippen LogP contribution in [0.15, 0.2) is 0 Å². The van der Waals surface area contributed by atoms with Crippen molar-refractivity contribution in [2.24, 2.45) is 23.5 Å². The third-order valence-corrected chi connectivity index (χ3v) is 2.42. The van der Waals surface area contributed by atoms with Crippen LogP contribution >= 0.6 is 0 Å². The Labute approximate surface area is 53.6 Å². The fourth-order valence-corrected chi connectivity index (χ4v) is 1.84. The minimum atomic E-state index is -0.105. The summed E-state index contributed by atoms with van der Waals surface area (Å²) in [6, 6.07) is 0. The van der Waals surface area contributed by atoms with Crippen molar-refractivity contribution in [3.63, 3.8) is 0 Å². The van der Waals surface area contributed by atoms with E-state index in [0.717, 1.165) is 13.1 Å². The van der Waals surface area contributed by atoms with Gasteiger partial charge in [-0.1, -0.05) is 0 Å². The summed E-state index contributed by atoms with van der Waals surface area (Å²) >= 11 is 0. The van der Waals surface area contributed by atoms with E-state index in [1.807, 2.05) is 0 Å². The van der Waals surface area contributed by atoms with Crippen LogP contribution in [0, 0.1) is 17.8 Å². The van der Waals surface area contributed by atoms with Gasteiger partial charge in [0.1, 0.15) is 0 Å². The highest BCUT2D eigenvalue weighted by Crippen LogP contribution is 2.48. The monoisotopic (exact) mass is 126 g/mol. The van der Waals surface area contributed by atoms with E-state index in [1.54, 1.807) is 0 Å². The zero-order valence-corrected chi connectivity index (χ0v) is 5.13. The number of amides is 1. The topological polar surface area (TPSA) is 55.1 Å². The van der Waals surface area contributed by atoms with E-state index in [0.29, 0.717) is 11.8 Å². The molecule has 2 fully saturated rings. The van der Waals surface area contributed by atoms with Crippen molar-refractivity contribution in [2.75, 3.05) is 13.1 Å². The molecule has 1 amide bonds. The number of hydrogen-bond donors (Lipinski definition) is 2. The Kier molecular flexibility index (Phi) is 0.858. The minimum absolute atomic E-state index is 0.105. The van der Waals surface area contributed by atoms with Gasteiger partial charge in [0.05, 0.1) is 0 Å². The number of carbonyl (C=O) groups is 1. The van der Waals surface area contributed by atoms with Gasteiger partial charge in [-0.05, 0) is 24.9 Å². The molecule has 0 aromatic carbocycles. The number of carbonyl (C=O) groups excluding carboxylic acids is 1. The van der Waals surface area contributed by atoms with Crippen molar-refractivity contribution in [2.45, 2.75) is 0 Å². The lowest BCUT2D eigenvalue weighted by molar-refractivity contribution is -0.119. The SMILES string of the molecule is NC(=O)C1[C@H]2CNC[C@H]12. The van der Waals surface area contributed by atoms with Crippen LogP contribution in [-0.4, -0.2) is 19.0 Å². The maximum atomic E-state index is 10.6. The molecular formula is C6H10N2O. The van der Waals surface area contributed by atoms with Crippen LogP contribution in [0.4, 0.5) is 0 Å². The van der Waals surface area contributed by atoms with Crippen LogP contribution in [-0.2, 0) is 4.79 Å². The van der Waals surface area contributed by atoms with Crippen molar-refractivity contribution >= 4 is 5.91 Å². The van der Waals surface area contributed by atoms with Crippen LogP contribution in [0.25, 0.3) is 0 Å². The second-order valence-corrected chi connectivity index (χ2v) is 2.91. The van der Waals surface area contributed by atoms with Gasteiger partial charge in [0.2, 0.25) is 5.91 Å². The first-order valence-corrected chi connectivity index (χ1v) is 3.31. The highest BCUT2D eigenvalue weighted by atomic mass is 16.1. The van der Waals surface area contributed by atoms with Crippen molar-refractivity contribution in [1.82, 2.24) is 5.32 Å². The Hall–Kier alpha value is -0.570. The average Bonchev–Trinajstić information content (AvgIpc) is 2.30. The molecule has 0 aromatic rings. The zero-order valence-electron chi connectivity index (χ0n) is 5.13. The van der Waals surface area contributed by atoms with Gasteiger partial charge in [-0.25, -0.2) is 0 Å². The van der Waals surface area contributed by atoms with Gasteiger partial charge in [-0.15, -0.1) is 0 Å². The molecule has 3 heteroatoms. The largest absolute Gasteiger partial charge is 0.369 e. The molecule has 1 aliphatic carbocycles. The van der Waals surface area contributed by atoms with E-state index >= 15 is 0 Å². The Balaban J connectivity index is 2.02. The standard InChI is InChI=1S/C6H10N2O/c7-6(9)5-3-1-8-2-4(3)5/h3-5,8H,1-2H2,(H2,7,9)/t3-,4-/m0/s1. The van der Waals surface area contributed by atoms with E-state index in [9.17, 15) is 4.79 Å². The van der Waals surface area contributed by atoms with E-state index in [4.69, 9.17) is 5.73 Å². The molecule has 1 heterocycles. The molecule has 1 aliphatic heterocycles. The summed E-state index contributed by atoms with van der Waals surface area (Å²) in [5, 5.41) is 3.20. The molecule has 0 unspecified atom stereocenters. The molecule has 1 saturated carbocycles. The second kappa shape index (κ2) is 1.48. The van der Waals surface area contributed by atoms with Crippen LogP contribution in [0.2, 0.25) is 0 Å². The summed E-state index contributed by atoms with van der Waals surface area (Å²) in [6.07, 6.45) is 0. The van der Waals surface area contributed by atoms with Crippen molar-refractivity contribution in [1.29, 1.82) is 0 Å². The Morgan fingerprint density at radius 3 is 2.33 bits per heavy atom. The number of hydrogen-bond acceptors (Lipinski definition) is 2. The number of nitrogens with one attached hydrogen (secondary N) is 1. The highest BCUT2D eigenvalue weighted by molar-refractivity contribution is 5.80. The maximum Gasteiger partial charge on any atom is 0.221 e. The first-order chi connectivity index (χ1) is 4.30. The third-order valence-electron chi connectivity index (χ3n) is 2.42. The molecule has 0 radical (unpaired) electrons. The fraction of sp³-hybridized carbons (Fsp3) is 0.833. The normalized spacial score (nSPS) is 46.4. The number of primary amides is 1. The summed E-state index contributed by atoms with van der Waals surface area (Å²) in [5.41, 5.74) is 5.12. The lowest BCUT2D eigenvalue weighted by atomic mass is 10.3. The first-order valence-electron chi connectivity index (χ1n) is 3.31. The summed E-state index contributed by atoms with van der Waals surface area (Å²) in [7, 11) is 0. The van der Waals surface area contributed by atoms with Crippen LogP contribution in [0.5, 0.6) is 0 Å². The predicted molar refractivity (Wildman–Crippen MR) is 32.5 cm³/mol. The fourth-order valence-electron chi connectivity index (χ4n) is 1.84. The number of fused-ring (bicyclic) bond motifs is 1. The molecular weight excluding hydrogens is 116 g/mol. The summed E-state index contributed by atoms with van der Waals surface area (Å²) in [6.45, 7) is 2.00. The van der Waals surface area contributed by atoms with E-state index < -0.39 is 0 Å². The molecule has 0 spiro atoms. The van der Waals surface area contributed by atoms with Gasteiger partial charge in [-0.3, -0.25) is 4.79 Å². The van der Waals surface area contributed by atoms with Gasteiger partial charge in [0, 0.05) is 5.92 Å². The van der Waals surface area contributed by atoms with Gasteiger partial charge in [0.15, 0.2) is 0 Å². The maximum absolute atomic E-state index is 10.6. The van der Waals surface area contributed by atoms with Crippen molar-refractivity contribution in [3.8, 4) is 0 Å². The number of piperidine rings is 1. The minimum Gasteiger partial charge on any atom is -0.369 e. The van der Waals surface area contributed by atoms with Crippen LogP contribution in [0.1, 0.15) is 0 Å². The molecule has 0 aromatic heterocycles. The third kappa shape index (κ3) is 0.580. The quantitative estimate of drug-likeness (QED) is 0.470. The van der Waals surface area contributed by atoms with Gasteiger partial charge in [0.25, 0.3) is 0 Å². The highest BCUT2D eigenvalue weighted by Gasteiger charge is 2.55. The first kappa shape index (κ1) is 5.23. The van der Waals surface area contributed by atoms with Gasteiger partial charge < -0.3 is 11.1 Å². The Bertz CT molecular complexity index is 147. The average molecular weight is 126 g/mol. The molecule has 9 heavy (non-hydrogen) atoms. The van der Waals surface area contributed by atoms with Crippen molar-refractivity contribution in [3.05, 3.63) is 0 Å². The summed E-state index contributed by atoms with van der Waals surface area (Å²) in [5.74, 6) is 1.28. The number of nitrogens with two attached hydrogens (primary N) is 1. The smallest absolute Gasteiger partial charge is 0.221 e. The van der Waals surface area contributed by atoms with Crippen LogP contribution < -0.4 is 11.1 Å². The van der Waals surface area contributed by atoms with E-state index in [2.05, 4.69) is 5.32 Å². The van der Waals surface area contributed by atoms with Crippen LogP contribution in [0.3, 0.4) is 0 Å². The summed E-state index contributed by atoms with van der Waals surface area (Å²) in [4.78, 5) is 10.6. The zero-order chi connectivity index (χ0) is 6.43. The number of rotatable bonds is 1. The molecule has 50 valence electrons. The molecule has 2 rings (SSSR count). The van der Waals surface area contributed by atoms with Gasteiger partial charge in [-0.2, -0.15) is 0 Å². The lowest BCUT2D eigenvalue weighted by Crippen LogP contribution is -2.23. The Morgan fingerprint density at radius 2 is 2.00 bits per heavy atom. The van der Waals surface area contributed by atoms with Crippen molar-refractivity contribution < 1.29 is 4.79 Å². The molecule has 2 atom stereocenters. The molecule has 1 saturated heterocycles. The molecule has 0 bridgehead atoms. The van der Waals surface area contributed by atoms with Gasteiger partial charge >= 0.3 is 0 Å². The lowest BCUT2D eigenvalue weighted by Gasteiger charge is -1.97. The molecule has 2 aliphatic rings. The van der Waals surface area contributed by atoms with E-state index in [1.165, 1.54) is 0 Å². The Morgan fingerprint density at radius 1 is 1.44 bits per heavy atom. The molecule has 3 nitrogen and oxygen atoms in total. The van der Waals surface area contributed by atoms with E-state index in [-0.39, 0.29) is 11.8 Å². The predicted octanol–water partition coefficient (Wildman–Crippen LogP) is -1.06. The molecule has 3 N–H and O–H groups in total.